The van der Waals surface area contributed by atoms with Crippen molar-refractivity contribution >= 4 is 23.2 Å². The van der Waals surface area contributed by atoms with Gasteiger partial charge in [-0.1, -0.05) is 53.7 Å². The van der Waals surface area contributed by atoms with Gasteiger partial charge in [0.25, 0.3) is 5.91 Å². The number of nitrogens with one attached hydrogen (secondary N) is 2. The zero-order chi connectivity index (χ0) is 22.6. The lowest BCUT2D eigenvalue weighted by Gasteiger charge is -2.49. The molecule has 0 bridgehead atoms. The molecule has 0 saturated heterocycles. The van der Waals surface area contributed by atoms with E-state index >= 15 is 0 Å². The van der Waals surface area contributed by atoms with Gasteiger partial charge < -0.3 is 24.8 Å². The number of hydrogen-bond donors (Lipinski definition) is 2. The van der Waals surface area contributed by atoms with Gasteiger partial charge in [-0.15, -0.1) is 0 Å². The molecule has 33 heavy (non-hydrogen) atoms. The zero-order valence-corrected chi connectivity index (χ0v) is 18.2. The lowest BCUT2D eigenvalue weighted by Crippen LogP contribution is -2.58. The fourth-order valence-corrected chi connectivity index (χ4v) is 5.08. The average molecular weight is 438 g/mol. The highest BCUT2D eigenvalue weighted by molar-refractivity contribution is 6.12. The van der Waals surface area contributed by atoms with Crippen molar-refractivity contribution in [2.45, 2.75) is 18.6 Å². The molecule has 3 aromatic carbocycles. The highest BCUT2D eigenvalue weighted by Gasteiger charge is 2.60. The van der Waals surface area contributed by atoms with Crippen molar-refractivity contribution in [3.8, 4) is 5.75 Å². The molecule has 0 aliphatic carbocycles. The van der Waals surface area contributed by atoms with Crippen LogP contribution in [-0.2, 0) is 10.3 Å². The predicted molar refractivity (Wildman–Crippen MR) is 125 cm³/mol. The fourth-order valence-electron chi connectivity index (χ4n) is 5.08. The molecule has 2 atom stereocenters. The van der Waals surface area contributed by atoms with Crippen molar-refractivity contribution in [3.05, 3.63) is 101 Å². The first-order valence-corrected chi connectivity index (χ1v) is 10.8. The predicted octanol–water partition coefficient (Wildman–Crippen LogP) is 4.82. The topological polar surface area (TPSA) is 79.6 Å². The largest absolute Gasteiger partial charge is 0.497 e. The van der Waals surface area contributed by atoms with Crippen molar-refractivity contribution in [2.75, 3.05) is 22.6 Å². The molecule has 1 aromatic heterocycles. The Kier molecular flexibility index (Phi) is 4.20. The number of aromatic nitrogens is 1. The molecule has 6 rings (SSSR count). The van der Waals surface area contributed by atoms with E-state index in [1.54, 1.807) is 7.11 Å². The summed E-state index contributed by atoms with van der Waals surface area (Å²) in [6.07, 6.45) is -0.407. The van der Waals surface area contributed by atoms with Gasteiger partial charge in [0, 0.05) is 16.9 Å². The molecule has 0 saturated carbocycles. The third-order valence-corrected chi connectivity index (χ3v) is 6.47. The van der Waals surface area contributed by atoms with Crippen molar-refractivity contribution in [1.82, 2.24) is 5.16 Å². The Morgan fingerprint density at radius 3 is 2.48 bits per heavy atom. The molecule has 3 heterocycles. The van der Waals surface area contributed by atoms with Gasteiger partial charge in [0.05, 0.1) is 18.4 Å². The van der Waals surface area contributed by atoms with E-state index in [0.717, 1.165) is 33.8 Å². The summed E-state index contributed by atoms with van der Waals surface area (Å²) in [7, 11) is 1.64. The SMILES string of the molecule is COc1ccc(C2Nc3onc(C)c3C3(C(=O)Nc4ccccc43)N2c2ccccc2)cc1. The van der Waals surface area contributed by atoms with Crippen LogP contribution in [0.2, 0.25) is 0 Å². The molecule has 0 fully saturated rings. The number of ether oxygens (including phenoxy) is 1. The highest BCUT2D eigenvalue weighted by Crippen LogP contribution is 2.55. The second-order valence-electron chi connectivity index (χ2n) is 8.21. The molecule has 7 nitrogen and oxygen atoms in total. The zero-order valence-electron chi connectivity index (χ0n) is 18.2. The number of hydrogen-bond acceptors (Lipinski definition) is 6. The maximum atomic E-state index is 14.0. The minimum atomic E-state index is -1.16. The van der Waals surface area contributed by atoms with Crippen molar-refractivity contribution < 1.29 is 14.1 Å². The molecule has 1 spiro atoms. The minimum absolute atomic E-state index is 0.139. The monoisotopic (exact) mass is 438 g/mol. The quantitative estimate of drug-likeness (QED) is 0.478. The highest BCUT2D eigenvalue weighted by atomic mass is 16.5. The van der Waals surface area contributed by atoms with Gasteiger partial charge in [-0.25, -0.2) is 0 Å². The Balaban J connectivity index is 1.68. The first kappa shape index (κ1) is 19.4. The fraction of sp³-hybridized carbons (Fsp3) is 0.154. The molecule has 0 radical (unpaired) electrons. The molecule has 2 aliphatic heterocycles. The van der Waals surface area contributed by atoms with Crippen molar-refractivity contribution in [3.63, 3.8) is 0 Å². The third-order valence-electron chi connectivity index (χ3n) is 6.47. The molecule has 2 unspecified atom stereocenters. The number of nitrogens with zero attached hydrogens (tertiary/aromatic N) is 2. The standard InChI is InChI=1S/C26H22N4O3/c1-16-22-24(33-29-16)28-23(17-12-14-19(32-2)15-13-17)30(18-8-4-3-5-9-18)26(22)20-10-6-7-11-21(20)27-25(26)31/h3-15,23,28H,1-2H3,(H,27,31). The molecule has 1 amide bonds. The van der Waals surface area contributed by atoms with Crippen LogP contribution in [0, 0.1) is 6.92 Å². The maximum Gasteiger partial charge on any atom is 0.260 e. The van der Waals surface area contributed by atoms with Crippen LogP contribution in [0.25, 0.3) is 0 Å². The number of fused-ring (bicyclic) bond motifs is 4. The molecule has 4 aromatic rings. The van der Waals surface area contributed by atoms with E-state index in [1.807, 2.05) is 85.8 Å². The number of amides is 1. The van der Waals surface area contributed by atoms with Crippen molar-refractivity contribution in [1.29, 1.82) is 0 Å². The molecule has 2 N–H and O–H groups in total. The van der Waals surface area contributed by atoms with Gasteiger partial charge in [0.15, 0.2) is 5.54 Å². The number of aryl methyl sites for hydroxylation is 1. The van der Waals surface area contributed by atoms with Crippen molar-refractivity contribution in [2.24, 2.45) is 0 Å². The summed E-state index contributed by atoms with van der Waals surface area (Å²) in [6.45, 7) is 1.87. The van der Waals surface area contributed by atoms with Crippen LogP contribution in [0.3, 0.4) is 0 Å². The summed E-state index contributed by atoms with van der Waals surface area (Å²) in [6, 6.07) is 25.6. The number of anilines is 3. The molecular formula is C26H22N4O3. The van der Waals surface area contributed by atoms with E-state index in [9.17, 15) is 4.79 Å². The van der Waals surface area contributed by atoms with E-state index in [2.05, 4.69) is 20.7 Å². The minimum Gasteiger partial charge on any atom is -0.497 e. The van der Waals surface area contributed by atoms with Crippen LogP contribution < -0.4 is 20.3 Å². The number of methoxy groups -OCH3 is 1. The second-order valence-corrected chi connectivity index (χ2v) is 8.21. The summed E-state index contributed by atoms with van der Waals surface area (Å²) >= 11 is 0. The number of para-hydroxylation sites is 2. The average Bonchev–Trinajstić information content (AvgIpc) is 3.37. The van der Waals surface area contributed by atoms with Crippen LogP contribution in [-0.4, -0.2) is 18.2 Å². The van der Waals surface area contributed by atoms with Gasteiger partial charge in [-0.3, -0.25) is 4.79 Å². The van der Waals surface area contributed by atoms with Gasteiger partial charge >= 0.3 is 0 Å². The van der Waals surface area contributed by atoms with Gasteiger partial charge in [-0.05, 0) is 42.8 Å². The first-order valence-electron chi connectivity index (χ1n) is 10.8. The number of carbonyl (C=O) groups is 1. The summed E-state index contributed by atoms with van der Waals surface area (Å²) in [4.78, 5) is 16.1. The van der Waals surface area contributed by atoms with Crippen LogP contribution in [0.15, 0.2) is 83.4 Å². The van der Waals surface area contributed by atoms with E-state index in [-0.39, 0.29) is 5.91 Å². The normalized spacial score (nSPS) is 20.7. The smallest absolute Gasteiger partial charge is 0.260 e. The Morgan fingerprint density at radius 1 is 1.00 bits per heavy atom. The lowest BCUT2D eigenvalue weighted by atomic mass is 9.78. The van der Waals surface area contributed by atoms with E-state index in [4.69, 9.17) is 9.26 Å². The van der Waals surface area contributed by atoms with Crippen LogP contribution in [0.1, 0.15) is 28.6 Å². The van der Waals surface area contributed by atoms with E-state index in [0.29, 0.717) is 11.6 Å². The Labute approximate surface area is 191 Å². The lowest BCUT2D eigenvalue weighted by molar-refractivity contribution is -0.119. The summed E-state index contributed by atoms with van der Waals surface area (Å²) in [5.41, 5.74) is 3.72. The Morgan fingerprint density at radius 2 is 1.73 bits per heavy atom. The van der Waals surface area contributed by atoms with Crippen LogP contribution >= 0.6 is 0 Å². The number of carbonyl (C=O) groups excluding carboxylic acids is 1. The Bertz CT molecular complexity index is 1350. The van der Waals surface area contributed by atoms with Gasteiger partial charge in [0.2, 0.25) is 5.88 Å². The van der Waals surface area contributed by atoms with Crippen LogP contribution in [0.5, 0.6) is 5.75 Å². The first-order chi connectivity index (χ1) is 16.1. The second kappa shape index (κ2) is 7.13. The maximum absolute atomic E-state index is 14.0. The summed E-state index contributed by atoms with van der Waals surface area (Å²) < 4.78 is 11.1. The third kappa shape index (κ3) is 2.62. The molecular weight excluding hydrogens is 416 g/mol. The number of rotatable bonds is 3. The van der Waals surface area contributed by atoms with Crippen LogP contribution in [0.4, 0.5) is 17.3 Å². The van der Waals surface area contributed by atoms with Gasteiger partial charge in [-0.2, -0.15) is 0 Å². The van der Waals surface area contributed by atoms with E-state index < -0.39 is 11.7 Å². The number of benzene rings is 3. The Hall–Kier alpha value is -4.26. The molecule has 2 aliphatic rings. The van der Waals surface area contributed by atoms with Gasteiger partial charge in [0.1, 0.15) is 11.9 Å². The van der Waals surface area contributed by atoms with E-state index in [1.165, 1.54) is 0 Å². The summed E-state index contributed by atoms with van der Waals surface area (Å²) in [5.74, 6) is 1.11. The summed E-state index contributed by atoms with van der Waals surface area (Å²) in [5, 5.41) is 10.9. The molecule has 7 heteroatoms. The molecule has 164 valence electrons.